The molecule has 1 atom stereocenters. The van der Waals surface area contributed by atoms with E-state index in [4.69, 9.17) is 0 Å². The summed E-state index contributed by atoms with van der Waals surface area (Å²) in [6, 6.07) is 0. The summed E-state index contributed by atoms with van der Waals surface area (Å²) in [7, 11) is 0. The highest BCUT2D eigenvalue weighted by atomic mass is 19.1. The largest absolute Gasteiger partial charge is 0.292 e. The summed E-state index contributed by atoms with van der Waals surface area (Å²) in [4.78, 5) is 54.2. The molecule has 1 saturated heterocycles. The molecule has 4 amide bonds. The van der Waals surface area contributed by atoms with Crippen LogP contribution >= 0.6 is 0 Å². The number of hydrogen-bond acceptors (Lipinski definition) is 6. The van der Waals surface area contributed by atoms with Crippen LogP contribution in [-0.2, 0) is 9.59 Å². The Bertz CT molecular complexity index is 641. The Hall–Kier alpha value is -2.71. The van der Waals surface area contributed by atoms with Crippen LogP contribution in [0.3, 0.4) is 0 Å². The van der Waals surface area contributed by atoms with Crippen molar-refractivity contribution in [2.24, 2.45) is 0 Å². The van der Waals surface area contributed by atoms with Gasteiger partial charge in [-0.3, -0.25) is 24.5 Å². The average molecular weight is 278 g/mol. The summed E-state index contributed by atoms with van der Waals surface area (Å²) in [6.45, 7) is 0. The fraction of sp³-hybridized carbons (Fsp3) is 0.273. The molecular formula is C11H7FN4O4. The van der Waals surface area contributed by atoms with E-state index in [1.54, 1.807) is 5.32 Å². The van der Waals surface area contributed by atoms with Crippen LogP contribution in [0, 0.1) is 0 Å². The minimum atomic E-state index is -2.89. The van der Waals surface area contributed by atoms with E-state index in [1.165, 1.54) is 0 Å². The number of alkyl halides is 1. The van der Waals surface area contributed by atoms with E-state index in [-0.39, 0.29) is 22.6 Å². The first-order valence-electron chi connectivity index (χ1n) is 5.67. The van der Waals surface area contributed by atoms with Crippen molar-refractivity contribution in [2.45, 2.75) is 18.6 Å². The molecule has 0 aliphatic carbocycles. The van der Waals surface area contributed by atoms with Gasteiger partial charge in [-0.1, -0.05) is 0 Å². The highest BCUT2D eigenvalue weighted by molar-refractivity contribution is 6.23. The maximum atomic E-state index is 14.8. The van der Waals surface area contributed by atoms with Crippen molar-refractivity contribution in [2.75, 3.05) is 0 Å². The predicted octanol–water partition coefficient (Wildman–Crippen LogP) is -0.825. The lowest BCUT2D eigenvalue weighted by molar-refractivity contribution is -0.151. The van der Waals surface area contributed by atoms with Crippen LogP contribution in [0.25, 0.3) is 0 Å². The Morgan fingerprint density at radius 2 is 2.00 bits per heavy atom. The van der Waals surface area contributed by atoms with Gasteiger partial charge in [-0.25, -0.2) is 19.3 Å². The molecule has 0 saturated carbocycles. The number of hydrogen-bond donors (Lipinski definition) is 1. The van der Waals surface area contributed by atoms with Crippen molar-refractivity contribution < 1.29 is 23.6 Å². The Morgan fingerprint density at radius 3 is 2.65 bits per heavy atom. The highest BCUT2D eigenvalue weighted by Crippen LogP contribution is 2.34. The van der Waals surface area contributed by atoms with Gasteiger partial charge in [-0.15, -0.1) is 0 Å². The smallest absolute Gasteiger partial charge is 0.285 e. The predicted molar refractivity (Wildman–Crippen MR) is 58.8 cm³/mol. The van der Waals surface area contributed by atoms with E-state index in [2.05, 4.69) is 9.97 Å². The van der Waals surface area contributed by atoms with Crippen LogP contribution in [0.15, 0.2) is 12.5 Å². The highest BCUT2D eigenvalue weighted by Gasteiger charge is 2.57. The fourth-order valence-corrected chi connectivity index (χ4v) is 2.19. The third-order valence-corrected chi connectivity index (χ3v) is 3.19. The van der Waals surface area contributed by atoms with Gasteiger partial charge in [-0.05, 0) is 0 Å². The Morgan fingerprint density at radius 1 is 1.25 bits per heavy atom. The minimum Gasteiger partial charge on any atom is -0.292 e. The Kier molecular flexibility index (Phi) is 2.40. The molecule has 1 fully saturated rings. The van der Waals surface area contributed by atoms with Gasteiger partial charge in [-0.2, -0.15) is 0 Å². The SMILES string of the molecule is O=C1CCC(F)(N2C(=O)c3cncnc3C2=O)C(=O)N1. The molecule has 8 nitrogen and oxygen atoms in total. The first-order valence-corrected chi connectivity index (χ1v) is 5.67. The topological polar surface area (TPSA) is 109 Å². The summed E-state index contributed by atoms with van der Waals surface area (Å²) < 4.78 is 14.8. The van der Waals surface area contributed by atoms with E-state index in [9.17, 15) is 23.6 Å². The zero-order valence-electron chi connectivity index (χ0n) is 9.92. The van der Waals surface area contributed by atoms with E-state index in [0.29, 0.717) is 0 Å². The van der Waals surface area contributed by atoms with Crippen LogP contribution in [0.4, 0.5) is 4.39 Å². The van der Waals surface area contributed by atoms with Gasteiger partial charge in [0.05, 0.1) is 5.56 Å². The molecule has 2 aliphatic rings. The molecule has 0 aromatic carbocycles. The third-order valence-electron chi connectivity index (χ3n) is 3.19. The summed E-state index contributed by atoms with van der Waals surface area (Å²) >= 11 is 0. The number of carbonyl (C=O) groups excluding carboxylic acids is 4. The first kappa shape index (κ1) is 12.3. The fourth-order valence-electron chi connectivity index (χ4n) is 2.19. The van der Waals surface area contributed by atoms with E-state index in [1.807, 2.05) is 0 Å². The number of imide groups is 2. The monoisotopic (exact) mass is 278 g/mol. The van der Waals surface area contributed by atoms with Gasteiger partial charge in [0.25, 0.3) is 23.5 Å². The standard InChI is InChI=1S/C11H7FN4O4/c12-11(2-1-6(17)15-10(11)20)16-8(18)5-3-13-4-14-7(5)9(16)19/h3-4H,1-2H2,(H,15,17,20). The zero-order chi connectivity index (χ0) is 14.5. The Labute approximate surface area is 111 Å². The number of nitrogens with zero attached hydrogens (tertiary/aromatic N) is 3. The molecule has 3 heterocycles. The lowest BCUT2D eigenvalue weighted by Gasteiger charge is -2.33. The molecular weight excluding hydrogens is 271 g/mol. The molecule has 1 aromatic rings. The van der Waals surface area contributed by atoms with Crippen molar-refractivity contribution in [3.05, 3.63) is 23.8 Å². The number of carbonyl (C=O) groups is 4. The van der Waals surface area contributed by atoms with Crippen molar-refractivity contribution in [1.29, 1.82) is 0 Å². The van der Waals surface area contributed by atoms with Crippen molar-refractivity contribution in [1.82, 2.24) is 20.2 Å². The Balaban J connectivity index is 2.04. The molecule has 0 radical (unpaired) electrons. The number of fused-ring (bicyclic) bond motifs is 1. The molecule has 0 spiro atoms. The average Bonchev–Trinajstić information content (AvgIpc) is 2.68. The number of amides is 4. The third kappa shape index (κ3) is 1.46. The van der Waals surface area contributed by atoms with Gasteiger partial charge >= 0.3 is 0 Å². The van der Waals surface area contributed by atoms with Crippen LogP contribution < -0.4 is 5.32 Å². The summed E-state index contributed by atoms with van der Waals surface area (Å²) in [5.41, 5.74) is -0.425. The van der Waals surface area contributed by atoms with E-state index < -0.39 is 35.8 Å². The molecule has 1 aromatic heterocycles. The maximum Gasteiger partial charge on any atom is 0.285 e. The maximum absolute atomic E-state index is 14.8. The second-order valence-corrected chi connectivity index (χ2v) is 4.37. The van der Waals surface area contributed by atoms with E-state index >= 15 is 0 Å². The van der Waals surface area contributed by atoms with Crippen molar-refractivity contribution >= 4 is 23.6 Å². The van der Waals surface area contributed by atoms with Gasteiger partial charge < -0.3 is 0 Å². The molecule has 1 unspecified atom stereocenters. The molecule has 0 bridgehead atoms. The first-order chi connectivity index (χ1) is 9.45. The number of aromatic nitrogens is 2. The number of nitrogens with one attached hydrogen (secondary N) is 1. The molecule has 20 heavy (non-hydrogen) atoms. The van der Waals surface area contributed by atoms with Gasteiger partial charge in [0, 0.05) is 19.0 Å². The molecule has 102 valence electrons. The number of piperidine rings is 1. The molecule has 2 aliphatic heterocycles. The van der Waals surface area contributed by atoms with Crippen LogP contribution in [0.5, 0.6) is 0 Å². The normalized spacial score (nSPS) is 25.8. The van der Waals surface area contributed by atoms with Crippen LogP contribution in [-0.4, -0.2) is 44.3 Å². The molecule has 3 rings (SSSR count). The van der Waals surface area contributed by atoms with Crippen molar-refractivity contribution in [3.8, 4) is 0 Å². The van der Waals surface area contributed by atoms with E-state index in [0.717, 1.165) is 12.5 Å². The number of halogens is 1. The van der Waals surface area contributed by atoms with Crippen LogP contribution in [0.2, 0.25) is 0 Å². The lowest BCUT2D eigenvalue weighted by atomic mass is 10.0. The second kappa shape index (κ2) is 3.89. The summed E-state index contributed by atoms with van der Waals surface area (Å²) in [5, 5.41) is 1.78. The molecule has 1 N–H and O–H groups in total. The van der Waals surface area contributed by atoms with Gasteiger partial charge in [0.2, 0.25) is 5.91 Å². The minimum absolute atomic E-state index is 0.167. The van der Waals surface area contributed by atoms with Gasteiger partial charge in [0.1, 0.15) is 12.0 Å². The molecule has 9 heteroatoms. The van der Waals surface area contributed by atoms with Gasteiger partial charge in [0.15, 0.2) is 0 Å². The zero-order valence-corrected chi connectivity index (χ0v) is 9.92. The quantitative estimate of drug-likeness (QED) is 0.530. The number of rotatable bonds is 1. The summed E-state index contributed by atoms with van der Waals surface area (Å²) in [6.07, 6.45) is 1.25. The lowest BCUT2D eigenvalue weighted by Crippen LogP contribution is -2.61. The second-order valence-electron chi connectivity index (χ2n) is 4.37. The van der Waals surface area contributed by atoms with Crippen molar-refractivity contribution in [3.63, 3.8) is 0 Å². The van der Waals surface area contributed by atoms with Crippen LogP contribution in [0.1, 0.15) is 33.7 Å². The summed E-state index contributed by atoms with van der Waals surface area (Å²) in [5.74, 6) is -6.86.